The molecule has 186 valence electrons. The number of hydrogen-bond donors (Lipinski definition) is 1. The number of aromatic carboxylic acids is 1. The Kier molecular flexibility index (Phi) is 5.11. The van der Waals surface area contributed by atoms with Gasteiger partial charge in [-0.25, -0.2) is 9.80 Å². The largest absolute Gasteiger partial charge is 0.478 e. The Labute approximate surface area is 204 Å². The fourth-order valence-corrected chi connectivity index (χ4v) is 4.94. The summed E-state index contributed by atoms with van der Waals surface area (Å²) in [7, 11) is 1.93. The van der Waals surface area contributed by atoms with Crippen molar-refractivity contribution in [2.75, 3.05) is 18.6 Å². The Morgan fingerprint density at radius 1 is 1.14 bits per heavy atom. The number of halogens is 3. The van der Waals surface area contributed by atoms with Gasteiger partial charge in [0.15, 0.2) is 0 Å². The lowest BCUT2D eigenvalue weighted by atomic mass is 10.1. The lowest BCUT2D eigenvalue weighted by Crippen LogP contribution is -2.37. The minimum Gasteiger partial charge on any atom is -0.478 e. The number of benzene rings is 2. The van der Waals surface area contributed by atoms with Gasteiger partial charge in [-0.05, 0) is 55.3 Å². The number of hydrazine groups is 1. The van der Waals surface area contributed by atoms with Crippen LogP contribution in [0.25, 0.3) is 16.6 Å². The van der Waals surface area contributed by atoms with Crippen molar-refractivity contribution in [2.24, 2.45) is 0 Å². The zero-order chi connectivity index (χ0) is 25.2. The van der Waals surface area contributed by atoms with Gasteiger partial charge in [0.1, 0.15) is 11.6 Å². The summed E-state index contributed by atoms with van der Waals surface area (Å²) in [4.78, 5) is 11.6. The summed E-state index contributed by atoms with van der Waals surface area (Å²) in [6, 6.07) is 11.9. The first kappa shape index (κ1) is 22.7. The molecule has 1 fully saturated rings. The SMILES string of the molecule is CN1Cc2c(n(-c3ccc(C(F)(F)F)cc3)c3ccc(C(=O)O)cc23)N1CCc1cc(C2CC2)on1. The van der Waals surface area contributed by atoms with E-state index >= 15 is 0 Å². The molecule has 1 saturated carbocycles. The summed E-state index contributed by atoms with van der Waals surface area (Å²) in [6.07, 6.45) is -1.56. The fraction of sp³-hybridized carbons (Fsp3) is 0.308. The molecule has 0 amide bonds. The van der Waals surface area contributed by atoms with Gasteiger partial charge in [-0.1, -0.05) is 5.16 Å². The van der Waals surface area contributed by atoms with Crippen molar-refractivity contribution in [3.63, 3.8) is 0 Å². The fourth-order valence-electron chi connectivity index (χ4n) is 4.94. The molecule has 0 spiro atoms. The first-order valence-corrected chi connectivity index (χ1v) is 11.7. The van der Waals surface area contributed by atoms with Gasteiger partial charge in [-0.15, -0.1) is 0 Å². The normalized spacial score (nSPS) is 16.2. The monoisotopic (exact) mass is 496 g/mol. The second-order valence-corrected chi connectivity index (χ2v) is 9.40. The number of rotatable bonds is 6. The second kappa shape index (κ2) is 8.12. The molecule has 0 saturated heterocycles. The van der Waals surface area contributed by atoms with Crippen molar-refractivity contribution in [3.8, 4) is 5.69 Å². The van der Waals surface area contributed by atoms with Crippen LogP contribution in [0.5, 0.6) is 0 Å². The van der Waals surface area contributed by atoms with Gasteiger partial charge in [0, 0.05) is 55.2 Å². The van der Waals surface area contributed by atoms with Crippen LogP contribution in [0.1, 0.15) is 51.7 Å². The first-order chi connectivity index (χ1) is 17.2. The van der Waals surface area contributed by atoms with Crippen LogP contribution in [0.4, 0.5) is 19.0 Å². The predicted molar refractivity (Wildman–Crippen MR) is 126 cm³/mol. The highest BCUT2D eigenvalue weighted by atomic mass is 19.4. The minimum atomic E-state index is -4.43. The highest BCUT2D eigenvalue weighted by Gasteiger charge is 2.34. The van der Waals surface area contributed by atoms with Crippen molar-refractivity contribution in [1.82, 2.24) is 14.7 Å². The molecule has 36 heavy (non-hydrogen) atoms. The molecule has 1 N–H and O–H groups in total. The molecule has 2 aromatic heterocycles. The van der Waals surface area contributed by atoms with E-state index in [0.717, 1.165) is 58.7 Å². The van der Waals surface area contributed by atoms with E-state index in [1.807, 2.05) is 22.7 Å². The average Bonchev–Trinajstić information content (AvgIpc) is 3.39. The quantitative estimate of drug-likeness (QED) is 0.373. The summed E-state index contributed by atoms with van der Waals surface area (Å²) >= 11 is 0. The predicted octanol–water partition coefficient (Wildman–Crippen LogP) is 5.62. The van der Waals surface area contributed by atoms with E-state index in [9.17, 15) is 23.1 Å². The summed E-state index contributed by atoms with van der Waals surface area (Å²) in [5.74, 6) is 1.16. The van der Waals surface area contributed by atoms with E-state index in [4.69, 9.17) is 4.52 Å². The topological polar surface area (TPSA) is 74.7 Å². The number of carboxylic acids is 1. The molecule has 1 aliphatic heterocycles. The number of carbonyl (C=O) groups is 1. The Bertz CT molecular complexity index is 1470. The molecule has 1 aliphatic carbocycles. The van der Waals surface area contributed by atoms with Crippen LogP contribution in [0, 0.1) is 0 Å². The van der Waals surface area contributed by atoms with E-state index in [1.54, 1.807) is 12.1 Å². The molecular weight excluding hydrogens is 473 g/mol. The van der Waals surface area contributed by atoms with Crippen LogP contribution in [0.2, 0.25) is 0 Å². The maximum Gasteiger partial charge on any atom is 0.416 e. The number of hydrogen-bond acceptors (Lipinski definition) is 5. The van der Waals surface area contributed by atoms with E-state index in [2.05, 4.69) is 10.2 Å². The van der Waals surface area contributed by atoms with Crippen LogP contribution in [0.3, 0.4) is 0 Å². The molecular formula is C26H23F3N4O3. The third-order valence-electron chi connectivity index (χ3n) is 6.92. The molecule has 2 aromatic carbocycles. The Hall–Kier alpha value is -3.79. The second-order valence-electron chi connectivity index (χ2n) is 9.40. The summed E-state index contributed by atoms with van der Waals surface area (Å²) in [6.45, 7) is 1.11. The molecule has 2 aliphatic rings. The number of fused-ring (bicyclic) bond motifs is 3. The first-order valence-electron chi connectivity index (χ1n) is 11.7. The van der Waals surface area contributed by atoms with Crippen LogP contribution < -0.4 is 5.01 Å². The third kappa shape index (κ3) is 3.81. The molecule has 3 heterocycles. The van der Waals surface area contributed by atoms with Crippen molar-refractivity contribution in [1.29, 1.82) is 0 Å². The highest BCUT2D eigenvalue weighted by molar-refractivity contribution is 5.98. The zero-order valence-corrected chi connectivity index (χ0v) is 19.4. The third-order valence-corrected chi connectivity index (χ3v) is 6.92. The molecule has 7 nitrogen and oxygen atoms in total. The molecule has 4 aromatic rings. The lowest BCUT2D eigenvalue weighted by molar-refractivity contribution is -0.137. The molecule has 0 bridgehead atoms. The van der Waals surface area contributed by atoms with Crippen LogP contribution >= 0.6 is 0 Å². The number of alkyl halides is 3. The number of aromatic nitrogens is 2. The van der Waals surface area contributed by atoms with Crippen molar-refractivity contribution in [2.45, 2.75) is 37.9 Å². The van der Waals surface area contributed by atoms with E-state index in [0.29, 0.717) is 31.1 Å². The van der Waals surface area contributed by atoms with Crippen molar-refractivity contribution in [3.05, 3.63) is 76.7 Å². The van der Waals surface area contributed by atoms with Gasteiger partial charge in [-0.2, -0.15) is 13.2 Å². The molecule has 10 heteroatoms. The van der Waals surface area contributed by atoms with Crippen molar-refractivity contribution < 1.29 is 27.6 Å². The van der Waals surface area contributed by atoms with Gasteiger partial charge in [0.05, 0.1) is 22.3 Å². The Morgan fingerprint density at radius 3 is 2.56 bits per heavy atom. The Morgan fingerprint density at radius 2 is 1.89 bits per heavy atom. The summed E-state index contributed by atoms with van der Waals surface area (Å²) < 4.78 is 47.0. The van der Waals surface area contributed by atoms with Gasteiger partial charge < -0.3 is 9.63 Å². The summed E-state index contributed by atoms with van der Waals surface area (Å²) in [5, 5.41) is 18.6. The molecule has 0 radical (unpaired) electrons. The highest BCUT2D eigenvalue weighted by Crippen LogP contribution is 2.43. The standard InChI is InChI=1S/C26H23F3N4O3/c1-31-14-21-20-12-16(25(34)35)4-9-22(20)33(19-7-5-17(6-8-19)26(27,28)29)24(21)32(31)11-10-18-13-23(36-30-18)15-2-3-15/h4-9,12-13,15H,2-3,10-11,14H2,1H3,(H,34,35). The number of anilines is 1. The summed E-state index contributed by atoms with van der Waals surface area (Å²) in [5.41, 5.74) is 2.51. The average molecular weight is 496 g/mol. The zero-order valence-electron chi connectivity index (χ0n) is 19.4. The Balaban J connectivity index is 1.43. The van der Waals surface area contributed by atoms with Crippen LogP contribution in [0.15, 0.2) is 53.1 Å². The van der Waals surface area contributed by atoms with Crippen LogP contribution in [-0.2, 0) is 19.1 Å². The van der Waals surface area contributed by atoms with Gasteiger partial charge in [-0.3, -0.25) is 9.58 Å². The van der Waals surface area contributed by atoms with Gasteiger partial charge in [0.2, 0.25) is 0 Å². The van der Waals surface area contributed by atoms with Crippen LogP contribution in [-0.4, -0.2) is 39.4 Å². The maximum atomic E-state index is 13.2. The number of nitrogens with zero attached hydrogens (tertiary/aromatic N) is 4. The van der Waals surface area contributed by atoms with E-state index < -0.39 is 17.7 Å². The van der Waals surface area contributed by atoms with Gasteiger partial charge >= 0.3 is 12.1 Å². The van der Waals surface area contributed by atoms with E-state index in [1.165, 1.54) is 18.2 Å². The van der Waals surface area contributed by atoms with E-state index in [-0.39, 0.29) is 5.56 Å². The van der Waals surface area contributed by atoms with Gasteiger partial charge in [0.25, 0.3) is 0 Å². The minimum absolute atomic E-state index is 0.158. The molecule has 6 rings (SSSR count). The molecule has 0 atom stereocenters. The smallest absolute Gasteiger partial charge is 0.416 e. The number of carboxylic acid groups (broad SMARTS) is 1. The molecule has 0 unspecified atom stereocenters. The lowest BCUT2D eigenvalue weighted by Gasteiger charge is -2.28. The maximum absolute atomic E-state index is 13.2. The van der Waals surface area contributed by atoms with Crippen molar-refractivity contribution >= 4 is 22.7 Å².